The van der Waals surface area contributed by atoms with Crippen molar-refractivity contribution in [3.05, 3.63) is 52.5 Å². The van der Waals surface area contributed by atoms with Crippen molar-refractivity contribution >= 4 is 17.3 Å². The molecule has 0 atom stereocenters. The highest BCUT2D eigenvalue weighted by Gasteiger charge is 2.06. The Hall–Kier alpha value is -2.18. The number of halogens is 1. The van der Waals surface area contributed by atoms with E-state index in [0.717, 1.165) is 5.56 Å². The molecule has 0 amide bonds. The van der Waals surface area contributed by atoms with Gasteiger partial charge in [-0.2, -0.15) is 5.26 Å². The maximum atomic E-state index is 8.86. The highest BCUT2D eigenvalue weighted by atomic mass is 35.5. The van der Waals surface area contributed by atoms with Crippen LogP contribution in [0.4, 0.5) is 5.69 Å². The van der Waals surface area contributed by atoms with E-state index in [4.69, 9.17) is 27.3 Å². The fourth-order valence-corrected chi connectivity index (χ4v) is 1.73. The van der Waals surface area contributed by atoms with E-state index in [1.165, 1.54) is 0 Å². The molecule has 0 saturated heterocycles. The lowest BCUT2D eigenvalue weighted by atomic mass is 10.1. The summed E-state index contributed by atoms with van der Waals surface area (Å²) in [6.45, 7) is 1.90. The van der Waals surface area contributed by atoms with Gasteiger partial charge in [0.05, 0.1) is 16.7 Å². The van der Waals surface area contributed by atoms with Gasteiger partial charge in [0.25, 0.3) is 0 Å². The number of nitrogens with zero attached hydrogens (tertiary/aromatic N) is 1. The molecule has 2 rings (SSSR count). The molecule has 90 valence electrons. The SMILES string of the molecule is Cc1ccc(C#N)cc1Oc1ccc(N)cc1Cl. The number of nitrogen functional groups attached to an aromatic ring is 1. The van der Waals surface area contributed by atoms with E-state index in [1.807, 2.05) is 13.0 Å². The Morgan fingerprint density at radius 1 is 1.17 bits per heavy atom. The lowest BCUT2D eigenvalue weighted by molar-refractivity contribution is 0.479. The molecule has 0 bridgehead atoms. The van der Waals surface area contributed by atoms with Gasteiger partial charge in [-0.05, 0) is 42.8 Å². The zero-order valence-electron chi connectivity index (χ0n) is 9.77. The summed E-state index contributed by atoms with van der Waals surface area (Å²) in [5.41, 5.74) is 7.67. The minimum absolute atomic E-state index is 0.441. The molecule has 2 aromatic carbocycles. The third-order valence-electron chi connectivity index (χ3n) is 2.49. The molecule has 0 spiro atoms. The van der Waals surface area contributed by atoms with E-state index in [-0.39, 0.29) is 0 Å². The predicted octanol–water partition coefficient (Wildman–Crippen LogP) is 3.89. The van der Waals surface area contributed by atoms with E-state index in [2.05, 4.69) is 6.07 Å². The van der Waals surface area contributed by atoms with Crippen molar-refractivity contribution in [1.29, 1.82) is 5.26 Å². The summed E-state index contributed by atoms with van der Waals surface area (Å²) in [5.74, 6) is 1.13. The van der Waals surface area contributed by atoms with Gasteiger partial charge in [-0.1, -0.05) is 17.7 Å². The summed E-state index contributed by atoms with van der Waals surface area (Å²) in [6, 6.07) is 12.4. The van der Waals surface area contributed by atoms with E-state index in [9.17, 15) is 0 Å². The molecule has 0 aliphatic carbocycles. The zero-order chi connectivity index (χ0) is 13.1. The summed E-state index contributed by atoms with van der Waals surface area (Å²) in [6.07, 6.45) is 0. The van der Waals surface area contributed by atoms with Crippen LogP contribution >= 0.6 is 11.6 Å². The maximum absolute atomic E-state index is 8.86. The average molecular weight is 259 g/mol. The van der Waals surface area contributed by atoms with Crippen molar-refractivity contribution in [3.8, 4) is 17.6 Å². The molecule has 4 heteroatoms. The van der Waals surface area contributed by atoms with Gasteiger partial charge in [0.1, 0.15) is 11.5 Å². The molecule has 3 nitrogen and oxygen atoms in total. The fourth-order valence-electron chi connectivity index (χ4n) is 1.50. The van der Waals surface area contributed by atoms with Crippen LogP contribution in [0, 0.1) is 18.3 Å². The third kappa shape index (κ3) is 2.55. The average Bonchev–Trinajstić information content (AvgIpc) is 2.35. The molecule has 0 aliphatic rings. The number of anilines is 1. The van der Waals surface area contributed by atoms with Crippen molar-refractivity contribution < 1.29 is 4.74 Å². The summed E-state index contributed by atoms with van der Waals surface area (Å²) in [5, 5.41) is 9.30. The topological polar surface area (TPSA) is 59.0 Å². The lowest BCUT2D eigenvalue weighted by Gasteiger charge is -2.10. The number of aryl methyl sites for hydroxylation is 1. The monoisotopic (exact) mass is 258 g/mol. The molecular formula is C14H11ClN2O. The Bertz CT molecular complexity index is 632. The van der Waals surface area contributed by atoms with Crippen molar-refractivity contribution in [2.75, 3.05) is 5.73 Å². The Morgan fingerprint density at radius 2 is 1.94 bits per heavy atom. The van der Waals surface area contributed by atoms with Crippen LogP contribution in [0.1, 0.15) is 11.1 Å². The summed E-state index contributed by atoms with van der Waals surface area (Å²) in [4.78, 5) is 0. The number of nitrogens with two attached hydrogens (primary N) is 1. The largest absolute Gasteiger partial charge is 0.455 e. The van der Waals surface area contributed by atoms with Gasteiger partial charge in [-0.25, -0.2) is 0 Å². The molecule has 0 radical (unpaired) electrons. The van der Waals surface area contributed by atoms with Crippen LogP contribution in [0.5, 0.6) is 11.5 Å². The molecule has 0 fully saturated rings. The summed E-state index contributed by atoms with van der Waals surface area (Å²) >= 11 is 6.04. The first-order valence-electron chi connectivity index (χ1n) is 5.34. The first-order valence-corrected chi connectivity index (χ1v) is 5.71. The Balaban J connectivity index is 2.37. The second kappa shape index (κ2) is 4.99. The first kappa shape index (κ1) is 12.3. The van der Waals surface area contributed by atoms with Gasteiger partial charge in [0.15, 0.2) is 0 Å². The van der Waals surface area contributed by atoms with Crippen LogP contribution in [0.15, 0.2) is 36.4 Å². The van der Waals surface area contributed by atoms with Gasteiger partial charge in [0, 0.05) is 5.69 Å². The van der Waals surface area contributed by atoms with Gasteiger partial charge in [-0.15, -0.1) is 0 Å². The minimum Gasteiger partial charge on any atom is -0.455 e. The van der Waals surface area contributed by atoms with Crippen LogP contribution in [0.3, 0.4) is 0 Å². The van der Waals surface area contributed by atoms with Crippen LogP contribution < -0.4 is 10.5 Å². The van der Waals surface area contributed by atoms with E-state index in [1.54, 1.807) is 30.3 Å². The van der Waals surface area contributed by atoms with Gasteiger partial charge < -0.3 is 10.5 Å². The molecule has 0 heterocycles. The first-order chi connectivity index (χ1) is 8.60. The van der Waals surface area contributed by atoms with E-state index >= 15 is 0 Å². The number of benzene rings is 2. The van der Waals surface area contributed by atoms with Gasteiger partial charge in [0.2, 0.25) is 0 Å². The fraction of sp³-hybridized carbons (Fsp3) is 0.0714. The zero-order valence-corrected chi connectivity index (χ0v) is 10.5. The smallest absolute Gasteiger partial charge is 0.146 e. The Morgan fingerprint density at radius 3 is 2.61 bits per heavy atom. The third-order valence-corrected chi connectivity index (χ3v) is 2.79. The van der Waals surface area contributed by atoms with Crippen LogP contribution in [-0.4, -0.2) is 0 Å². The number of nitriles is 1. The van der Waals surface area contributed by atoms with Crippen LogP contribution in [0.25, 0.3) is 0 Å². The van der Waals surface area contributed by atoms with Crippen LogP contribution in [-0.2, 0) is 0 Å². The Kier molecular flexibility index (Phi) is 3.40. The molecular weight excluding hydrogens is 248 g/mol. The number of rotatable bonds is 2. The van der Waals surface area contributed by atoms with Crippen molar-refractivity contribution in [3.63, 3.8) is 0 Å². The number of hydrogen-bond acceptors (Lipinski definition) is 3. The quantitative estimate of drug-likeness (QED) is 0.831. The maximum Gasteiger partial charge on any atom is 0.146 e. The second-order valence-corrected chi connectivity index (χ2v) is 4.29. The van der Waals surface area contributed by atoms with Crippen LogP contribution in [0.2, 0.25) is 5.02 Å². The molecule has 0 aromatic heterocycles. The van der Waals surface area contributed by atoms with Crippen molar-refractivity contribution in [2.45, 2.75) is 6.92 Å². The highest BCUT2D eigenvalue weighted by Crippen LogP contribution is 2.32. The molecule has 2 N–H and O–H groups in total. The van der Waals surface area contributed by atoms with Gasteiger partial charge in [-0.3, -0.25) is 0 Å². The lowest BCUT2D eigenvalue weighted by Crippen LogP contribution is -1.91. The molecule has 0 aliphatic heterocycles. The summed E-state index contributed by atoms with van der Waals surface area (Å²) in [7, 11) is 0. The number of ether oxygens (including phenoxy) is 1. The Labute approximate surface area is 110 Å². The second-order valence-electron chi connectivity index (χ2n) is 3.88. The van der Waals surface area contributed by atoms with E-state index in [0.29, 0.717) is 27.8 Å². The standard InChI is InChI=1S/C14H11ClN2O/c1-9-2-3-10(8-16)6-14(9)18-13-5-4-11(17)7-12(13)15/h2-7H,17H2,1H3. The molecule has 0 saturated carbocycles. The number of hydrogen-bond donors (Lipinski definition) is 1. The minimum atomic E-state index is 0.441. The summed E-state index contributed by atoms with van der Waals surface area (Å²) < 4.78 is 5.70. The highest BCUT2D eigenvalue weighted by molar-refractivity contribution is 6.32. The molecule has 18 heavy (non-hydrogen) atoms. The van der Waals surface area contributed by atoms with Gasteiger partial charge >= 0.3 is 0 Å². The van der Waals surface area contributed by atoms with Crippen molar-refractivity contribution in [1.82, 2.24) is 0 Å². The van der Waals surface area contributed by atoms with E-state index < -0.39 is 0 Å². The predicted molar refractivity (Wildman–Crippen MR) is 71.8 cm³/mol. The molecule has 2 aromatic rings. The normalized spacial score (nSPS) is 9.83. The molecule has 0 unspecified atom stereocenters. The van der Waals surface area contributed by atoms with Crippen molar-refractivity contribution in [2.24, 2.45) is 0 Å².